The average molecular weight is 317 g/mol. The van der Waals surface area contributed by atoms with Crippen molar-refractivity contribution in [1.82, 2.24) is 4.98 Å². The zero-order valence-electron chi connectivity index (χ0n) is 10.7. The molecule has 1 heterocycles. The van der Waals surface area contributed by atoms with E-state index in [-0.39, 0.29) is 12.3 Å². The molecule has 0 fully saturated rings. The first-order valence-corrected chi connectivity index (χ1v) is 5.35. The molecule has 1 aromatic rings. The molecule has 0 aromatic carbocycles. The molecule has 0 saturated heterocycles. The number of halogens is 6. The Morgan fingerprint density at radius 3 is 2.10 bits per heavy atom. The Hall–Kier alpha value is -2.00. The number of hydrogen-bond donors (Lipinski definition) is 0. The van der Waals surface area contributed by atoms with E-state index in [2.05, 4.69) is 9.72 Å². The topological polar surface area (TPSA) is 48.4 Å². The first-order chi connectivity index (χ1) is 9.46. The molecule has 10 heteroatoms. The van der Waals surface area contributed by atoms with Crippen LogP contribution in [0.5, 0.6) is 5.88 Å². The Morgan fingerprint density at radius 1 is 1.14 bits per heavy atom. The van der Waals surface area contributed by atoms with Crippen molar-refractivity contribution in [1.29, 1.82) is 0 Å². The Morgan fingerprint density at radius 2 is 1.67 bits per heavy atom. The van der Waals surface area contributed by atoms with Crippen LogP contribution in [0.4, 0.5) is 26.3 Å². The highest BCUT2D eigenvalue weighted by Crippen LogP contribution is 2.40. The Bertz CT molecular complexity index is 526. The number of aromatic nitrogens is 1. The van der Waals surface area contributed by atoms with Crippen molar-refractivity contribution in [3.05, 3.63) is 23.4 Å². The van der Waals surface area contributed by atoms with E-state index in [0.29, 0.717) is 0 Å². The molecule has 0 spiro atoms. The summed E-state index contributed by atoms with van der Waals surface area (Å²) in [6.45, 7) is 1.15. The van der Waals surface area contributed by atoms with E-state index in [0.717, 1.165) is 14.0 Å². The fourth-order valence-corrected chi connectivity index (χ4v) is 1.36. The third-order valence-corrected chi connectivity index (χ3v) is 2.32. The summed E-state index contributed by atoms with van der Waals surface area (Å²) in [5.74, 6) is -1.68. The fourth-order valence-electron chi connectivity index (χ4n) is 1.36. The normalized spacial score (nSPS) is 13.7. The van der Waals surface area contributed by atoms with Gasteiger partial charge in [-0.3, -0.25) is 0 Å². The second-order valence-electron chi connectivity index (χ2n) is 3.85. The molecule has 0 saturated carbocycles. The highest BCUT2D eigenvalue weighted by Gasteiger charge is 2.44. The molecule has 21 heavy (non-hydrogen) atoms. The lowest BCUT2D eigenvalue weighted by Gasteiger charge is -2.17. The van der Waals surface area contributed by atoms with Crippen LogP contribution in [0.3, 0.4) is 0 Å². The second kappa shape index (κ2) is 5.78. The van der Waals surface area contributed by atoms with E-state index in [1.807, 2.05) is 0 Å². The summed E-state index contributed by atoms with van der Waals surface area (Å²) in [6, 6.07) is 0.0856. The number of esters is 1. The quantitative estimate of drug-likeness (QED) is 0.635. The molecule has 0 radical (unpaired) electrons. The van der Waals surface area contributed by atoms with Crippen molar-refractivity contribution in [3.63, 3.8) is 0 Å². The maximum atomic E-state index is 12.6. The summed E-state index contributed by atoms with van der Waals surface area (Å²) in [7, 11) is 1.02. The van der Waals surface area contributed by atoms with Gasteiger partial charge in [0.1, 0.15) is 0 Å². The van der Waals surface area contributed by atoms with Gasteiger partial charge in [-0.1, -0.05) is 0 Å². The number of carbonyl (C=O) groups is 1. The van der Waals surface area contributed by atoms with Crippen LogP contribution in [0.2, 0.25) is 0 Å². The molecule has 0 N–H and O–H groups in total. The van der Waals surface area contributed by atoms with E-state index >= 15 is 0 Å². The molecule has 0 aliphatic carbocycles. The maximum Gasteiger partial charge on any atom is 0.418 e. The van der Waals surface area contributed by atoms with Gasteiger partial charge in [0.15, 0.2) is 6.10 Å². The van der Waals surface area contributed by atoms with Crippen molar-refractivity contribution in [3.8, 4) is 5.88 Å². The van der Waals surface area contributed by atoms with Crippen molar-refractivity contribution < 1.29 is 40.6 Å². The van der Waals surface area contributed by atoms with Crippen LogP contribution < -0.4 is 4.74 Å². The maximum absolute atomic E-state index is 12.6. The smallest absolute Gasteiger partial charge is 0.418 e. The van der Waals surface area contributed by atoms with Crippen molar-refractivity contribution in [2.24, 2.45) is 0 Å². The van der Waals surface area contributed by atoms with Gasteiger partial charge < -0.3 is 9.47 Å². The molecule has 0 bridgehead atoms. The molecule has 4 nitrogen and oxygen atoms in total. The lowest BCUT2D eigenvalue weighted by atomic mass is 10.1. The fraction of sp³-hybridized carbons (Fsp3) is 0.455. The predicted molar refractivity (Wildman–Crippen MR) is 56.3 cm³/mol. The van der Waals surface area contributed by atoms with Gasteiger partial charge >= 0.3 is 18.3 Å². The zero-order valence-corrected chi connectivity index (χ0v) is 10.7. The Labute approximate surface area is 114 Å². The van der Waals surface area contributed by atoms with E-state index in [1.165, 1.54) is 0 Å². The zero-order chi connectivity index (χ0) is 16.4. The summed E-state index contributed by atoms with van der Waals surface area (Å²) < 4.78 is 84.4. The number of rotatable bonds is 3. The van der Waals surface area contributed by atoms with Crippen LogP contribution in [0, 0.1) is 0 Å². The summed E-state index contributed by atoms with van der Waals surface area (Å²) >= 11 is 0. The van der Waals surface area contributed by atoms with Crippen LogP contribution in [-0.4, -0.2) is 24.2 Å². The van der Waals surface area contributed by atoms with Gasteiger partial charge in [0.2, 0.25) is 5.88 Å². The summed E-state index contributed by atoms with van der Waals surface area (Å²) in [5.41, 5.74) is -3.88. The molecular weight excluding hydrogens is 308 g/mol. The average Bonchev–Trinajstić information content (AvgIpc) is 2.35. The molecule has 1 aromatic heterocycles. The first-order valence-electron chi connectivity index (χ1n) is 5.35. The van der Waals surface area contributed by atoms with E-state index in [4.69, 9.17) is 4.74 Å². The van der Waals surface area contributed by atoms with Gasteiger partial charge in [0, 0.05) is 12.3 Å². The van der Waals surface area contributed by atoms with Crippen LogP contribution >= 0.6 is 0 Å². The molecular formula is C11H9F6NO3. The molecule has 1 unspecified atom stereocenters. The molecule has 118 valence electrons. The molecule has 0 amide bonds. The number of ether oxygens (including phenoxy) is 2. The monoisotopic (exact) mass is 317 g/mol. The van der Waals surface area contributed by atoms with Crippen LogP contribution in [0.25, 0.3) is 0 Å². The van der Waals surface area contributed by atoms with E-state index < -0.39 is 41.4 Å². The van der Waals surface area contributed by atoms with Crippen molar-refractivity contribution >= 4 is 5.97 Å². The number of methoxy groups -OCH3 is 1. The SMILES string of the molecule is COC(=O)C(C)Oc1cc(C(F)(F)F)c(C(F)(F)F)cn1. The van der Waals surface area contributed by atoms with Crippen molar-refractivity contribution in [2.75, 3.05) is 7.11 Å². The minimum absolute atomic E-state index is 0.00214. The van der Waals surface area contributed by atoms with Crippen molar-refractivity contribution in [2.45, 2.75) is 25.4 Å². The van der Waals surface area contributed by atoms with Gasteiger partial charge in [-0.25, -0.2) is 9.78 Å². The number of pyridine rings is 1. The highest BCUT2D eigenvalue weighted by atomic mass is 19.4. The minimum Gasteiger partial charge on any atom is -0.466 e. The van der Waals surface area contributed by atoms with Gasteiger partial charge in [0.25, 0.3) is 0 Å². The Balaban J connectivity index is 3.20. The lowest BCUT2D eigenvalue weighted by Crippen LogP contribution is -2.26. The summed E-state index contributed by atoms with van der Waals surface area (Å²) in [4.78, 5) is 14.2. The van der Waals surface area contributed by atoms with Crippen LogP contribution in [0.15, 0.2) is 12.3 Å². The lowest BCUT2D eigenvalue weighted by molar-refractivity contribution is -0.162. The highest BCUT2D eigenvalue weighted by molar-refractivity contribution is 5.74. The third-order valence-electron chi connectivity index (χ3n) is 2.32. The third kappa shape index (κ3) is 4.23. The number of hydrogen-bond acceptors (Lipinski definition) is 4. The second-order valence-corrected chi connectivity index (χ2v) is 3.85. The van der Waals surface area contributed by atoms with E-state index in [9.17, 15) is 31.1 Å². The predicted octanol–water partition coefficient (Wildman–Crippen LogP) is 3.06. The standard InChI is InChI=1S/C11H9F6NO3/c1-5(9(19)20-2)21-8-3-6(10(12,13)14)7(4-18-8)11(15,16)17/h3-5H,1-2H3. The summed E-state index contributed by atoms with van der Waals surface area (Å²) in [5, 5.41) is 0. The Kier molecular flexibility index (Phi) is 4.69. The number of nitrogens with zero attached hydrogens (tertiary/aromatic N) is 1. The molecule has 1 rings (SSSR count). The number of carbonyl (C=O) groups excluding carboxylic acids is 1. The largest absolute Gasteiger partial charge is 0.466 e. The van der Waals surface area contributed by atoms with Gasteiger partial charge in [0.05, 0.1) is 18.2 Å². The van der Waals surface area contributed by atoms with E-state index in [1.54, 1.807) is 0 Å². The van der Waals surface area contributed by atoms with Gasteiger partial charge in [-0.2, -0.15) is 26.3 Å². The van der Waals surface area contributed by atoms with Crippen LogP contribution in [0.1, 0.15) is 18.1 Å². The first kappa shape index (κ1) is 17.1. The number of alkyl halides is 6. The van der Waals surface area contributed by atoms with Gasteiger partial charge in [-0.15, -0.1) is 0 Å². The van der Waals surface area contributed by atoms with Gasteiger partial charge in [-0.05, 0) is 6.92 Å². The minimum atomic E-state index is -5.25. The molecule has 1 atom stereocenters. The van der Waals surface area contributed by atoms with Crippen LogP contribution in [-0.2, 0) is 21.9 Å². The molecule has 0 aliphatic rings. The molecule has 0 aliphatic heterocycles. The summed E-state index contributed by atoms with van der Waals surface area (Å²) in [6.07, 6.45) is -11.8.